The van der Waals surface area contributed by atoms with Crippen molar-refractivity contribution in [2.45, 2.75) is 57.0 Å². The Morgan fingerprint density at radius 3 is 2.57 bits per heavy atom. The fourth-order valence-electron chi connectivity index (χ4n) is 5.98. The van der Waals surface area contributed by atoms with Crippen molar-refractivity contribution in [1.82, 2.24) is 19.4 Å². The summed E-state index contributed by atoms with van der Waals surface area (Å²) in [4.78, 5) is 26.5. The Labute approximate surface area is 289 Å². The largest absolute Gasteiger partial charge is 0.379 e. The normalized spacial score (nSPS) is 14.8. The summed E-state index contributed by atoms with van der Waals surface area (Å²) in [6.45, 7) is 7.05. The van der Waals surface area contributed by atoms with Gasteiger partial charge in [0, 0.05) is 43.8 Å². The molecule has 11 heteroatoms. The van der Waals surface area contributed by atoms with Crippen LogP contribution in [0.1, 0.15) is 49.9 Å². The summed E-state index contributed by atoms with van der Waals surface area (Å²) in [6, 6.07) is 7.93. The van der Waals surface area contributed by atoms with E-state index in [1.807, 2.05) is 36.2 Å². The fraction of sp³-hybridized carbons (Fsp3) is 0.583. The van der Waals surface area contributed by atoms with Crippen molar-refractivity contribution in [3.63, 3.8) is 0 Å². The highest BCUT2D eigenvalue weighted by atomic mass is 35.5. The van der Waals surface area contributed by atoms with Crippen LogP contribution in [0, 0.1) is 12.3 Å². The summed E-state index contributed by atoms with van der Waals surface area (Å²) >= 11 is 8.25. The van der Waals surface area contributed by atoms with E-state index in [4.69, 9.17) is 37.2 Å². The van der Waals surface area contributed by atoms with E-state index in [-0.39, 0.29) is 0 Å². The molecule has 2 aromatic heterocycles. The molecule has 1 aliphatic heterocycles. The summed E-state index contributed by atoms with van der Waals surface area (Å²) in [7, 11) is 4.17. The second kappa shape index (κ2) is 20.0. The highest BCUT2D eigenvalue weighted by Crippen LogP contribution is 2.38. The van der Waals surface area contributed by atoms with Crippen LogP contribution < -0.4 is 4.90 Å². The maximum atomic E-state index is 12.6. The van der Waals surface area contributed by atoms with E-state index in [1.165, 1.54) is 0 Å². The van der Waals surface area contributed by atoms with Gasteiger partial charge in [0.1, 0.15) is 18.7 Å². The van der Waals surface area contributed by atoms with E-state index in [2.05, 4.69) is 45.4 Å². The number of hydrogen-bond acceptors (Lipinski definition) is 9. The lowest BCUT2D eigenvalue weighted by atomic mass is 9.73. The molecule has 0 saturated carbocycles. The molecule has 0 atom stereocenters. The third-order valence-corrected chi connectivity index (χ3v) is 9.97. The Hall–Kier alpha value is -2.65. The third-order valence-electron chi connectivity index (χ3n) is 8.70. The number of likely N-dealkylation sites (tertiary alicyclic amines) is 1. The lowest BCUT2D eigenvalue weighted by Crippen LogP contribution is -2.42. The molecule has 256 valence electrons. The first-order valence-electron chi connectivity index (χ1n) is 16.7. The Kier molecular flexibility index (Phi) is 15.8. The topological polar surface area (TPSA) is 82.0 Å². The second-order valence-corrected chi connectivity index (χ2v) is 13.8. The molecule has 1 aliphatic rings. The molecule has 0 spiro atoms. The number of unbranched alkanes of at least 4 members (excludes halogenated alkanes) is 2. The summed E-state index contributed by atoms with van der Waals surface area (Å²) < 4.78 is 19.0. The van der Waals surface area contributed by atoms with Crippen molar-refractivity contribution in [1.29, 1.82) is 0 Å². The number of piperidine rings is 1. The first-order valence-corrected chi connectivity index (χ1v) is 18.2. The highest BCUT2D eigenvalue weighted by Gasteiger charge is 2.37. The van der Waals surface area contributed by atoms with E-state index in [9.17, 15) is 4.79 Å². The van der Waals surface area contributed by atoms with Crippen molar-refractivity contribution >= 4 is 46.4 Å². The van der Waals surface area contributed by atoms with E-state index in [0.717, 1.165) is 117 Å². The van der Waals surface area contributed by atoms with Gasteiger partial charge in [-0.3, -0.25) is 4.98 Å². The van der Waals surface area contributed by atoms with Gasteiger partial charge >= 0.3 is 0 Å². The number of aromatic nitrogens is 3. The van der Waals surface area contributed by atoms with Crippen LogP contribution in [-0.2, 0) is 37.5 Å². The van der Waals surface area contributed by atoms with E-state index < -0.39 is 5.41 Å². The quantitative estimate of drug-likeness (QED) is 0.0735. The van der Waals surface area contributed by atoms with Crippen LogP contribution >= 0.6 is 23.4 Å². The first kappa shape index (κ1) is 37.2. The molecule has 3 aromatic rings. The molecule has 47 heavy (non-hydrogen) atoms. The van der Waals surface area contributed by atoms with E-state index >= 15 is 0 Å². The van der Waals surface area contributed by atoms with Gasteiger partial charge in [0.05, 0.1) is 54.7 Å². The monoisotopic (exact) mass is 683 g/mol. The predicted molar refractivity (Wildman–Crippen MR) is 193 cm³/mol. The predicted octanol–water partition coefficient (Wildman–Crippen LogP) is 5.86. The SMILES string of the molecule is C#CCOCCCCCOCCOCCSCCCn1c(CN(C)c2cnccc2C2(C=O)CCN(C)CC2)nc2cc(Cl)ccc21. The number of benzene rings is 1. The average molecular weight is 684 g/mol. The summed E-state index contributed by atoms with van der Waals surface area (Å²) in [5.74, 6) is 5.41. The molecule has 0 N–H and O–H groups in total. The number of halogens is 1. The minimum atomic E-state index is -0.500. The number of carbonyl (C=O) groups is 1. The minimum absolute atomic E-state index is 0.389. The lowest BCUT2D eigenvalue weighted by molar-refractivity contribution is -0.114. The van der Waals surface area contributed by atoms with Gasteiger partial charge in [-0.15, -0.1) is 6.42 Å². The minimum Gasteiger partial charge on any atom is -0.379 e. The zero-order valence-corrected chi connectivity index (χ0v) is 29.6. The number of ether oxygens (including phenoxy) is 3. The van der Waals surface area contributed by atoms with Crippen molar-refractivity contribution in [3.05, 3.63) is 53.1 Å². The van der Waals surface area contributed by atoms with Crippen LogP contribution in [0.25, 0.3) is 11.0 Å². The standard InChI is InChI=1S/C36H50ClN5O4S/c1-4-18-44-19-6-5-7-20-45-21-22-46-23-25-47-24-8-15-42-33-10-9-30(37)26-32(33)39-35(42)28-41(3)34-27-38-14-11-31(34)36(29-43)12-16-40(2)17-13-36/h1,9-11,14,26-27,29H,5-8,12-13,15-25,28H2,2-3H3. The average Bonchev–Trinajstić information content (AvgIpc) is 3.42. The van der Waals surface area contributed by atoms with Gasteiger partial charge in [0.25, 0.3) is 0 Å². The Bertz CT molecular complexity index is 1420. The van der Waals surface area contributed by atoms with Gasteiger partial charge in [0.2, 0.25) is 0 Å². The Morgan fingerprint density at radius 2 is 1.81 bits per heavy atom. The molecule has 0 radical (unpaired) electrons. The summed E-state index contributed by atoms with van der Waals surface area (Å²) in [5.41, 5.74) is 3.49. The molecular formula is C36H50ClN5O4S. The van der Waals surface area contributed by atoms with Crippen LogP contribution in [0.5, 0.6) is 0 Å². The third kappa shape index (κ3) is 11.2. The van der Waals surface area contributed by atoms with Crippen LogP contribution in [0.15, 0.2) is 36.7 Å². The van der Waals surface area contributed by atoms with E-state index in [1.54, 1.807) is 6.20 Å². The highest BCUT2D eigenvalue weighted by molar-refractivity contribution is 7.99. The summed E-state index contributed by atoms with van der Waals surface area (Å²) in [6.07, 6.45) is 15.7. The number of pyridine rings is 1. The summed E-state index contributed by atoms with van der Waals surface area (Å²) in [5, 5.41) is 0.676. The van der Waals surface area contributed by atoms with Crippen molar-refractivity contribution in [3.8, 4) is 12.3 Å². The zero-order chi connectivity index (χ0) is 33.3. The maximum Gasteiger partial charge on any atom is 0.130 e. The van der Waals surface area contributed by atoms with Gasteiger partial charge in [-0.1, -0.05) is 17.5 Å². The van der Waals surface area contributed by atoms with Crippen LogP contribution in [0.4, 0.5) is 5.69 Å². The number of nitrogens with zero attached hydrogens (tertiary/aromatic N) is 5. The first-order chi connectivity index (χ1) is 23.0. The molecule has 1 saturated heterocycles. The molecule has 3 heterocycles. The maximum absolute atomic E-state index is 12.6. The number of imidazole rings is 1. The van der Waals surface area contributed by atoms with Crippen molar-refractivity contribution in [2.24, 2.45) is 0 Å². The molecule has 0 bridgehead atoms. The number of carbonyl (C=O) groups excluding carboxylic acids is 1. The molecule has 4 rings (SSSR count). The van der Waals surface area contributed by atoms with Crippen LogP contribution in [-0.4, -0.2) is 104 Å². The number of rotatable bonds is 22. The molecule has 0 aliphatic carbocycles. The number of hydrogen-bond donors (Lipinski definition) is 0. The molecule has 1 aromatic carbocycles. The molecule has 0 unspecified atom stereocenters. The molecule has 1 fully saturated rings. The lowest BCUT2D eigenvalue weighted by Gasteiger charge is -2.39. The van der Waals surface area contributed by atoms with Gasteiger partial charge < -0.3 is 33.4 Å². The van der Waals surface area contributed by atoms with Gasteiger partial charge in [-0.2, -0.15) is 11.8 Å². The second-order valence-electron chi connectivity index (χ2n) is 12.1. The number of anilines is 1. The van der Waals surface area contributed by atoms with Gasteiger partial charge in [0.15, 0.2) is 0 Å². The number of fused-ring (bicyclic) bond motifs is 1. The van der Waals surface area contributed by atoms with Gasteiger partial charge in [-0.25, -0.2) is 4.98 Å². The van der Waals surface area contributed by atoms with E-state index in [0.29, 0.717) is 38.0 Å². The zero-order valence-electron chi connectivity index (χ0n) is 28.0. The number of thioether (sulfide) groups is 1. The smallest absolute Gasteiger partial charge is 0.130 e. The van der Waals surface area contributed by atoms with Crippen LogP contribution in [0.3, 0.4) is 0 Å². The Morgan fingerprint density at radius 1 is 1.04 bits per heavy atom. The number of aryl methyl sites for hydroxylation is 1. The van der Waals surface area contributed by atoms with Crippen molar-refractivity contribution in [2.75, 3.05) is 83.2 Å². The molecule has 9 nitrogen and oxygen atoms in total. The van der Waals surface area contributed by atoms with Crippen molar-refractivity contribution < 1.29 is 19.0 Å². The Balaban J connectivity index is 1.24. The molecule has 0 amide bonds. The van der Waals surface area contributed by atoms with Gasteiger partial charge in [-0.05, 0) is 94.2 Å². The number of terminal acetylenes is 1. The molecular weight excluding hydrogens is 634 g/mol. The van der Waals surface area contributed by atoms with Crippen LogP contribution in [0.2, 0.25) is 5.02 Å². The fourth-order valence-corrected chi connectivity index (χ4v) is 6.92. The number of aldehydes is 1.